The van der Waals surface area contributed by atoms with E-state index in [9.17, 15) is 0 Å². The highest BCUT2D eigenvalue weighted by molar-refractivity contribution is 5.34. The topological polar surface area (TPSA) is 34.4 Å². The fourth-order valence-corrected chi connectivity index (χ4v) is 2.42. The molecule has 1 aromatic heterocycles. The normalized spacial score (nSPS) is 12.6. The molecule has 1 N–H and O–H groups in total. The number of ether oxygens (including phenoxy) is 1. The van der Waals surface area contributed by atoms with Gasteiger partial charge < -0.3 is 14.5 Å². The zero-order valence-corrected chi connectivity index (χ0v) is 12.0. The van der Waals surface area contributed by atoms with Crippen molar-refractivity contribution in [2.24, 2.45) is 0 Å². The van der Waals surface area contributed by atoms with E-state index in [0.717, 1.165) is 11.5 Å². The predicted octanol–water partition coefficient (Wildman–Crippen LogP) is 3.35. The largest absolute Gasteiger partial charge is 0.462 e. The molecule has 0 radical (unpaired) electrons. The molecule has 0 spiro atoms. The van der Waals surface area contributed by atoms with Gasteiger partial charge in [0.05, 0.1) is 6.04 Å². The van der Waals surface area contributed by atoms with Gasteiger partial charge in [-0.05, 0) is 38.6 Å². The Balaban J connectivity index is 2.32. The minimum absolute atomic E-state index is 0.0733. The van der Waals surface area contributed by atoms with Gasteiger partial charge in [0, 0.05) is 7.11 Å². The van der Waals surface area contributed by atoms with Gasteiger partial charge in [-0.15, -0.1) is 0 Å². The fourth-order valence-electron chi connectivity index (χ4n) is 2.42. The van der Waals surface area contributed by atoms with E-state index in [0.29, 0.717) is 6.61 Å². The van der Waals surface area contributed by atoms with E-state index < -0.39 is 0 Å². The number of rotatable bonds is 5. The number of aryl methyl sites for hydroxylation is 2. The van der Waals surface area contributed by atoms with Gasteiger partial charge in [-0.1, -0.05) is 29.3 Å². The molecular formula is C16H21NO2. The first-order valence-electron chi connectivity index (χ1n) is 6.47. The Morgan fingerprint density at radius 1 is 1.16 bits per heavy atom. The quantitative estimate of drug-likeness (QED) is 0.894. The third-order valence-corrected chi connectivity index (χ3v) is 3.12. The highest BCUT2D eigenvalue weighted by atomic mass is 16.5. The summed E-state index contributed by atoms with van der Waals surface area (Å²) in [5, 5.41) is 3.31. The van der Waals surface area contributed by atoms with Crippen LogP contribution in [0.1, 0.15) is 34.3 Å². The van der Waals surface area contributed by atoms with E-state index in [-0.39, 0.29) is 6.04 Å². The van der Waals surface area contributed by atoms with E-state index in [4.69, 9.17) is 9.15 Å². The van der Waals surface area contributed by atoms with Crippen molar-refractivity contribution < 1.29 is 9.15 Å². The van der Waals surface area contributed by atoms with Gasteiger partial charge in [0.2, 0.25) is 0 Å². The summed E-state index contributed by atoms with van der Waals surface area (Å²) >= 11 is 0. The second-order valence-corrected chi connectivity index (χ2v) is 4.88. The molecule has 0 aliphatic rings. The molecule has 1 heterocycles. The van der Waals surface area contributed by atoms with Gasteiger partial charge in [0.1, 0.15) is 18.1 Å². The summed E-state index contributed by atoms with van der Waals surface area (Å²) in [6.45, 7) is 4.73. The third kappa shape index (κ3) is 3.25. The molecule has 1 atom stereocenters. The molecule has 0 bridgehead atoms. The summed E-state index contributed by atoms with van der Waals surface area (Å²) in [7, 11) is 3.61. The fraction of sp³-hybridized carbons (Fsp3) is 0.375. The predicted molar refractivity (Wildman–Crippen MR) is 76.2 cm³/mol. The number of methoxy groups -OCH3 is 1. The van der Waals surface area contributed by atoms with Crippen LogP contribution in [0.2, 0.25) is 0 Å². The van der Waals surface area contributed by atoms with Crippen LogP contribution in [0.15, 0.2) is 34.7 Å². The van der Waals surface area contributed by atoms with Crippen molar-refractivity contribution >= 4 is 0 Å². The number of benzene rings is 1. The Morgan fingerprint density at radius 2 is 1.84 bits per heavy atom. The average Bonchev–Trinajstić information content (AvgIpc) is 2.78. The van der Waals surface area contributed by atoms with E-state index in [1.54, 1.807) is 7.11 Å². The maximum Gasteiger partial charge on any atom is 0.129 e. The summed E-state index contributed by atoms with van der Waals surface area (Å²) in [4.78, 5) is 0. The molecule has 0 saturated carbocycles. The Hall–Kier alpha value is -1.58. The van der Waals surface area contributed by atoms with Gasteiger partial charge in [0.25, 0.3) is 0 Å². The summed E-state index contributed by atoms with van der Waals surface area (Å²) in [6.07, 6.45) is 0. The Morgan fingerprint density at radius 3 is 2.42 bits per heavy atom. The molecule has 102 valence electrons. The first-order valence-corrected chi connectivity index (χ1v) is 6.47. The molecule has 0 saturated heterocycles. The van der Waals surface area contributed by atoms with Gasteiger partial charge in [-0.3, -0.25) is 0 Å². The molecule has 0 amide bonds. The van der Waals surface area contributed by atoms with Gasteiger partial charge >= 0.3 is 0 Å². The second kappa shape index (κ2) is 6.04. The SMILES string of the molecule is CNC(c1cc(C)cc(C)c1)c1ccc(COC)o1. The number of hydrogen-bond acceptors (Lipinski definition) is 3. The molecule has 1 unspecified atom stereocenters. The van der Waals surface area contributed by atoms with Crippen molar-refractivity contribution in [1.82, 2.24) is 5.32 Å². The summed E-state index contributed by atoms with van der Waals surface area (Å²) in [5.74, 6) is 1.77. The molecular weight excluding hydrogens is 238 g/mol. The number of hydrogen-bond donors (Lipinski definition) is 1. The van der Waals surface area contributed by atoms with E-state index in [1.807, 2.05) is 19.2 Å². The van der Waals surface area contributed by atoms with Crippen LogP contribution in [0.5, 0.6) is 0 Å². The molecule has 3 heteroatoms. The van der Waals surface area contributed by atoms with E-state index in [2.05, 4.69) is 37.4 Å². The zero-order valence-electron chi connectivity index (χ0n) is 12.0. The highest BCUT2D eigenvalue weighted by Gasteiger charge is 2.16. The monoisotopic (exact) mass is 259 g/mol. The lowest BCUT2D eigenvalue weighted by atomic mass is 10.00. The summed E-state index contributed by atoms with van der Waals surface area (Å²) < 4.78 is 10.9. The second-order valence-electron chi connectivity index (χ2n) is 4.88. The molecule has 19 heavy (non-hydrogen) atoms. The maximum atomic E-state index is 5.82. The molecule has 2 rings (SSSR count). The number of furan rings is 1. The molecule has 0 aliphatic carbocycles. The summed E-state index contributed by atoms with van der Waals surface area (Å²) in [6, 6.07) is 10.6. The van der Waals surface area contributed by atoms with Crippen LogP contribution in [0.3, 0.4) is 0 Å². The Bertz CT molecular complexity index is 525. The number of nitrogens with one attached hydrogen (secondary N) is 1. The van der Waals surface area contributed by atoms with Crippen molar-refractivity contribution in [3.63, 3.8) is 0 Å². The standard InChI is InChI=1S/C16H21NO2/c1-11-7-12(2)9-13(8-11)16(17-3)15-6-5-14(19-15)10-18-4/h5-9,16-17H,10H2,1-4H3. The van der Waals surface area contributed by atoms with Crippen LogP contribution in [0.25, 0.3) is 0 Å². The van der Waals surface area contributed by atoms with Gasteiger partial charge in [-0.25, -0.2) is 0 Å². The van der Waals surface area contributed by atoms with Crippen molar-refractivity contribution in [1.29, 1.82) is 0 Å². The lowest BCUT2D eigenvalue weighted by Gasteiger charge is -2.15. The first-order chi connectivity index (χ1) is 9.13. The molecule has 0 aliphatic heterocycles. The van der Waals surface area contributed by atoms with E-state index in [1.165, 1.54) is 16.7 Å². The smallest absolute Gasteiger partial charge is 0.129 e. The molecule has 1 aromatic carbocycles. The van der Waals surface area contributed by atoms with E-state index >= 15 is 0 Å². The van der Waals surface area contributed by atoms with Crippen LogP contribution in [0.4, 0.5) is 0 Å². The van der Waals surface area contributed by atoms with Crippen LogP contribution in [0, 0.1) is 13.8 Å². The Labute approximate surface area is 114 Å². The minimum Gasteiger partial charge on any atom is -0.462 e. The minimum atomic E-state index is 0.0733. The third-order valence-electron chi connectivity index (χ3n) is 3.12. The lowest BCUT2D eigenvalue weighted by molar-refractivity contribution is 0.162. The van der Waals surface area contributed by atoms with Crippen LogP contribution >= 0.6 is 0 Å². The lowest BCUT2D eigenvalue weighted by Crippen LogP contribution is -2.17. The molecule has 3 nitrogen and oxygen atoms in total. The highest BCUT2D eigenvalue weighted by Crippen LogP contribution is 2.25. The van der Waals surface area contributed by atoms with Crippen LogP contribution < -0.4 is 5.32 Å². The van der Waals surface area contributed by atoms with Crippen molar-refractivity contribution in [3.05, 3.63) is 58.5 Å². The van der Waals surface area contributed by atoms with Crippen molar-refractivity contribution in [2.75, 3.05) is 14.2 Å². The zero-order chi connectivity index (χ0) is 13.8. The van der Waals surface area contributed by atoms with Gasteiger partial charge in [0.15, 0.2) is 0 Å². The Kier molecular flexibility index (Phi) is 4.40. The van der Waals surface area contributed by atoms with Crippen LogP contribution in [-0.2, 0) is 11.3 Å². The molecule has 0 fully saturated rings. The average molecular weight is 259 g/mol. The maximum absolute atomic E-state index is 5.82. The first kappa shape index (κ1) is 13.8. The summed E-state index contributed by atoms with van der Waals surface area (Å²) in [5.41, 5.74) is 3.75. The van der Waals surface area contributed by atoms with Crippen molar-refractivity contribution in [3.8, 4) is 0 Å². The molecule has 2 aromatic rings. The van der Waals surface area contributed by atoms with Crippen LogP contribution in [-0.4, -0.2) is 14.2 Å². The van der Waals surface area contributed by atoms with Crippen molar-refractivity contribution in [2.45, 2.75) is 26.5 Å². The van der Waals surface area contributed by atoms with Gasteiger partial charge in [-0.2, -0.15) is 0 Å².